The van der Waals surface area contributed by atoms with E-state index in [0.29, 0.717) is 5.01 Å². The first-order chi connectivity index (χ1) is 5.95. The highest BCUT2D eigenvalue weighted by molar-refractivity contribution is 7.07. The van der Waals surface area contributed by atoms with Gasteiger partial charge in [0, 0.05) is 12.5 Å². The van der Waals surface area contributed by atoms with Crippen molar-refractivity contribution in [3.63, 3.8) is 0 Å². The van der Waals surface area contributed by atoms with Crippen LogP contribution in [0.3, 0.4) is 0 Å². The van der Waals surface area contributed by atoms with Gasteiger partial charge in [-0.2, -0.15) is 4.37 Å². The summed E-state index contributed by atoms with van der Waals surface area (Å²) in [6, 6.07) is 0. The van der Waals surface area contributed by atoms with Crippen LogP contribution in [-0.2, 0) is 5.41 Å². The third-order valence-electron chi connectivity index (χ3n) is 1.52. The molecule has 13 heavy (non-hydrogen) atoms. The summed E-state index contributed by atoms with van der Waals surface area (Å²) in [7, 11) is 1.58. The van der Waals surface area contributed by atoms with Gasteiger partial charge in [-0.25, -0.2) is 4.98 Å². The second-order valence-electron chi connectivity index (χ2n) is 3.75. The number of rotatable bonds is 1. The Kier molecular flexibility index (Phi) is 2.66. The van der Waals surface area contributed by atoms with Crippen molar-refractivity contribution >= 4 is 17.4 Å². The molecule has 1 rings (SSSR count). The van der Waals surface area contributed by atoms with Gasteiger partial charge in [0.15, 0.2) is 0 Å². The molecule has 0 spiro atoms. The zero-order valence-electron chi connectivity index (χ0n) is 8.21. The van der Waals surface area contributed by atoms with Crippen LogP contribution >= 0.6 is 11.5 Å². The van der Waals surface area contributed by atoms with E-state index < -0.39 is 0 Å². The van der Waals surface area contributed by atoms with Crippen LogP contribution in [0.15, 0.2) is 0 Å². The van der Waals surface area contributed by atoms with E-state index >= 15 is 0 Å². The zero-order chi connectivity index (χ0) is 10.1. The lowest BCUT2D eigenvalue weighted by atomic mass is 9.96. The molecule has 0 aromatic carbocycles. The second-order valence-corrected chi connectivity index (χ2v) is 4.50. The summed E-state index contributed by atoms with van der Waals surface area (Å²) in [6.45, 7) is 6.05. The molecule has 0 aliphatic heterocycles. The van der Waals surface area contributed by atoms with Gasteiger partial charge in [0.1, 0.15) is 5.82 Å². The van der Waals surface area contributed by atoms with E-state index in [9.17, 15) is 4.79 Å². The number of carbonyl (C=O) groups is 1. The van der Waals surface area contributed by atoms with Gasteiger partial charge in [0.25, 0.3) is 5.91 Å². The predicted molar refractivity (Wildman–Crippen MR) is 52.0 cm³/mol. The Hall–Kier alpha value is -0.970. The van der Waals surface area contributed by atoms with E-state index in [1.165, 1.54) is 0 Å². The first-order valence-electron chi connectivity index (χ1n) is 4.01. The smallest absolute Gasteiger partial charge is 0.281 e. The summed E-state index contributed by atoms with van der Waals surface area (Å²) in [5, 5.41) is 2.94. The molecule has 5 heteroatoms. The highest BCUT2D eigenvalue weighted by Gasteiger charge is 2.21. The van der Waals surface area contributed by atoms with Gasteiger partial charge in [-0.3, -0.25) is 4.79 Å². The number of hydrogen-bond donors (Lipinski definition) is 1. The van der Waals surface area contributed by atoms with Gasteiger partial charge in [-0.05, 0) is 11.5 Å². The molecule has 0 saturated heterocycles. The highest BCUT2D eigenvalue weighted by atomic mass is 32.1. The Labute approximate surface area is 81.6 Å². The van der Waals surface area contributed by atoms with Crippen molar-refractivity contribution in [2.45, 2.75) is 26.2 Å². The van der Waals surface area contributed by atoms with Crippen LogP contribution < -0.4 is 5.32 Å². The number of nitrogens with one attached hydrogen (secondary N) is 1. The normalized spacial score (nSPS) is 11.4. The molecule has 0 aliphatic rings. The van der Waals surface area contributed by atoms with Gasteiger partial charge >= 0.3 is 0 Å². The van der Waals surface area contributed by atoms with Crippen molar-refractivity contribution in [1.29, 1.82) is 0 Å². The fourth-order valence-electron chi connectivity index (χ4n) is 0.727. The fraction of sp³-hybridized carbons (Fsp3) is 0.625. The number of nitrogens with zero attached hydrogens (tertiary/aromatic N) is 2. The minimum atomic E-state index is -0.173. The van der Waals surface area contributed by atoms with Crippen LogP contribution in [0.5, 0.6) is 0 Å². The van der Waals surface area contributed by atoms with Crippen molar-refractivity contribution in [1.82, 2.24) is 14.7 Å². The molecule has 0 unspecified atom stereocenters. The Morgan fingerprint density at radius 2 is 2.08 bits per heavy atom. The molecule has 0 atom stereocenters. The summed E-state index contributed by atoms with van der Waals surface area (Å²) in [6.07, 6.45) is 0. The fourth-order valence-corrected chi connectivity index (χ4v) is 1.53. The third kappa shape index (κ3) is 2.24. The van der Waals surface area contributed by atoms with Crippen LogP contribution in [-0.4, -0.2) is 22.3 Å². The van der Waals surface area contributed by atoms with Gasteiger partial charge in [-0.15, -0.1) is 0 Å². The van der Waals surface area contributed by atoms with Gasteiger partial charge in [-0.1, -0.05) is 20.8 Å². The predicted octanol–water partition coefficient (Wildman–Crippen LogP) is 1.20. The Bertz CT molecular complexity index is 313. The van der Waals surface area contributed by atoms with Gasteiger partial charge in [0.05, 0.1) is 0 Å². The molecule has 1 aromatic rings. The second kappa shape index (κ2) is 3.41. The molecule has 72 valence electrons. The van der Waals surface area contributed by atoms with E-state index in [-0.39, 0.29) is 11.3 Å². The first-order valence-corrected chi connectivity index (χ1v) is 4.79. The van der Waals surface area contributed by atoms with E-state index in [1.807, 2.05) is 20.8 Å². The van der Waals surface area contributed by atoms with E-state index in [2.05, 4.69) is 14.7 Å². The molecule has 1 heterocycles. The topological polar surface area (TPSA) is 54.9 Å². The molecule has 1 amide bonds. The molecule has 0 fully saturated rings. The van der Waals surface area contributed by atoms with E-state index in [0.717, 1.165) is 17.4 Å². The number of carbonyl (C=O) groups excluding carboxylic acids is 1. The summed E-state index contributed by atoms with van der Waals surface area (Å²) >= 11 is 1.14. The number of aromatic nitrogens is 2. The van der Waals surface area contributed by atoms with Gasteiger partial charge in [0.2, 0.25) is 5.01 Å². The van der Waals surface area contributed by atoms with Crippen LogP contribution in [0.25, 0.3) is 0 Å². The standard InChI is InChI=1S/C8H13N3OS/c1-8(2,3)7-10-6(13-11-7)5(12)9-4/h1-4H3,(H,9,12). The number of amides is 1. The maximum Gasteiger partial charge on any atom is 0.281 e. The van der Waals surface area contributed by atoms with Crippen LogP contribution in [0.4, 0.5) is 0 Å². The van der Waals surface area contributed by atoms with Crippen molar-refractivity contribution in [2.75, 3.05) is 7.05 Å². The van der Waals surface area contributed by atoms with E-state index in [4.69, 9.17) is 0 Å². The Morgan fingerprint density at radius 1 is 1.46 bits per heavy atom. The monoisotopic (exact) mass is 199 g/mol. The largest absolute Gasteiger partial charge is 0.353 e. The lowest BCUT2D eigenvalue weighted by Crippen LogP contribution is -2.19. The summed E-state index contributed by atoms with van der Waals surface area (Å²) in [5.41, 5.74) is -0.0945. The molecule has 0 radical (unpaired) electrons. The first kappa shape index (κ1) is 10.1. The summed E-state index contributed by atoms with van der Waals surface area (Å²) in [4.78, 5) is 15.3. The molecule has 4 nitrogen and oxygen atoms in total. The van der Waals surface area contributed by atoms with Crippen molar-refractivity contribution < 1.29 is 4.79 Å². The molecular weight excluding hydrogens is 186 g/mol. The average Bonchev–Trinajstić information content (AvgIpc) is 2.50. The van der Waals surface area contributed by atoms with Crippen molar-refractivity contribution in [2.24, 2.45) is 0 Å². The average molecular weight is 199 g/mol. The third-order valence-corrected chi connectivity index (χ3v) is 2.23. The van der Waals surface area contributed by atoms with Gasteiger partial charge < -0.3 is 5.32 Å². The summed E-state index contributed by atoms with van der Waals surface area (Å²) in [5.74, 6) is 0.545. The van der Waals surface area contributed by atoms with Crippen molar-refractivity contribution in [3.05, 3.63) is 10.8 Å². The number of hydrogen-bond acceptors (Lipinski definition) is 4. The molecule has 1 N–H and O–H groups in total. The zero-order valence-corrected chi connectivity index (χ0v) is 9.03. The molecule has 0 bridgehead atoms. The molecular formula is C8H13N3OS. The van der Waals surface area contributed by atoms with Crippen LogP contribution in [0, 0.1) is 0 Å². The lowest BCUT2D eigenvalue weighted by Gasteiger charge is -2.11. The highest BCUT2D eigenvalue weighted by Crippen LogP contribution is 2.20. The maximum absolute atomic E-state index is 11.2. The molecule has 1 aromatic heterocycles. The Balaban J connectivity index is 2.93. The Morgan fingerprint density at radius 3 is 2.46 bits per heavy atom. The SMILES string of the molecule is CNC(=O)c1nc(C(C)(C)C)ns1. The quantitative estimate of drug-likeness (QED) is 0.739. The maximum atomic E-state index is 11.2. The molecule has 0 aliphatic carbocycles. The minimum absolute atomic E-state index is 0.0945. The van der Waals surface area contributed by atoms with Crippen molar-refractivity contribution in [3.8, 4) is 0 Å². The van der Waals surface area contributed by atoms with Crippen LogP contribution in [0.1, 0.15) is 36.4 Å². The van der Waals surface area contributed by atoms with E-state index in [1.54, 1.807) is 7.05 Å². The lowest BCUT2D eigenvalue weighted by molar-refractivity contribution is 0.0962. The van der Waals surface area contributed by atoms with Crippen LogP contribution in [0.2, 0.25) is 0 Å². The minimum Gasteiger partial charge on any atom is -0.353 e. The summed E-state index contributed by atoms with van der Waals surface area (Å²) < 4.78 is 4.13. The molecule has 0 saturated carbocycles.